The monoisotopic (exact) mass is 352 g/mol. The van der Waals surface area contributed by atoms with E-state index < -0.39 is 0 Å². The Kier molecular flexibility index (Phi) is 6.75. The van der Waals surface area contributed by atoms with Gasteiger partial charge in [0.15, 0.2) is 0 Å². The third kappa shape index (κ3) is 5.77. The van der Waals surface area contributed by atoms with Gasteiger partial charge in [0, 0.05) is 11.4 Å². The molecule has 0 spiro atoms. The Morgan fingerprint density at radius 2 is 1.83 bits per heavy atom. The third-order valence-corrected chi connectivity index (χ3v) is 3.77. The second-order valence-corrected chi connectivity index (χ2v) is 5.84. The highest BCUT2D eigenvalue weighted by molar-refractivity contribution is 6.35. The summed E-state index contributed by atoms with van der Waals surface area (Å²) in [6.45, 7) is 2.46. The second kappa shape index (κ2) is 8.80. The molecule has 0 unspecified atom stereocenters. The molecule has 0 atom stereocenters. The zero-order valence-electron chi connectivity index (χ0n) is 12.9. The quantitative estimate of drug-likeness (QED) is 0.384. The van der Waals surface area contributed by atoms with Crippen LogP contribution >= 0.6 is 23.2 Å². The number of halogens is 2. The minimum atomic E-state index is -0.278. The topological polar surface area (TPSA) is 35.5 Å². The van der Waals surface area contributed by atoms with Crippen molar-refractivity contribution in [2.24, 2.45) is 0 Å². The average molecular weight is 353 g/mol. The van der Waals surface area contributed by atoms with E-state index in [0.717, 1.165) is 6.42 Å². The molecule has 23 heavy (non-hydrogen) atoms. The van der Waals surface area contributed by atoms with Crippen molar-refractivity contribution in [3.05, 3.63) is 58.1 Å². The molecule has 0 aromatic heterocycles. The first-order valence-electron chi connectivity index (χ1n) is 7.46. The van der Waals surface area contributed by atoms with Crippen LogP contribution in [0.4, 0.5) is 0 Å². The molecule has 0 N–H and O–H groups in total. The first-order valence-corrected chi connectivity index (χ1v) is 8.21. The van der Waals surface area contributed by atoms with Crippen LogP contribution in [0.2, 0.25) is 10.0 Å². The predicted octanol–water partition coefficient (Wildman–Crippen LogP) is 5.32. The van der Waals surface area contributed by atoms with Crippen LogP contribution in [0.25, 0.3) is 0 Å². The van der Waals surface area contributed by atoms with Gasteiger partial charge in [0.05, 0.1) is 11.6 Å². The number of hydrogen-bond acceptors (Lipinski definition) is 3. The molecule has 0 saturated heterocycles. The smallest absolute Gasteiger partial charge is 0.311 e. The molecule has 0 aliphatic rings. The summed E-state index contributed by atoms with van der Waals surface area (Å²) in [4.78, 5) is 11.8. The molecule has 0 amide bonds. The zero-order chi connectivity index (χ0) is 16.7. The number of carbonyl (C=O) groups excluding carboxylic acids is 1. The lowest BCUT2D eigenvalue weighted by atomic mass is 10.2. The number of benzene rings is 2. The molecule has 0 bridgehead atoms. The molecule has 0 heterocycles. The van der Waals surface area contributed by atoms with Crippen molar-refractivity contribution < 1.29 is 14.3 Å². The highest BCUT2D eigenvalue weighted by atomic mass is 35.5. The zero-order valence-corrected chi connectivity index (χ0v) is 14.4. The van der Waals surface area contributed by atoms with Gasteiger partial charge >= 0.3 is 5.97 Å². The fourth-order valence-electron chi connectivity index (χ4n) is 1.97. The number of aryl methyl sites for hydroxylation is 1. The highest BCUT2D eigenvalue weighted by Gasteiger charge is 2.06. The summed E-state index contributed by atoms with van der Waals surface area (Å²) in [7, 11) is 0. The van der Waals surface area contributed by atoms with E-state index in [2.05, 4.69) is 6.92 Å². The maximum Gasteiger partial charge on any atom is 0.311 e. The van der Waals surface area contributed by atoms with E-state index in [0.29, 0.717) is 34.6 Å². The number of ether oxygens (including phenoxy) is 2. The Bertz CT molecular complexity index is 654. The van der Waals surface area contributed by atoms with E-state index in [4.69, 9.17) is 32.7 Å². The largest absolute Gasteiger partial charge is 0.492 e. The van der Waals surface area contributed by atoms with Gasteiger partial charge < -0.3 is 9.47 Å². The molecule has 2 rings (SSSR count). The van der Waals surface area contributed by atoms with Gasteiger partial charge in [-0.1, -0.05) is 42.3 Å². The normalized spacial score (nSPS) is 10.4. The maximum absolute atomic E-state index is 11.8. The van der Waals surface area contributed by atoms with Crippen LogP contribution in [-0.2, 0) is 11.2 Å². The number of carbonyl (C=O) groups is 1. The highest BCUT2D eigenvalue weighted by Crippen LogP contribution is 2.27. The Hall–Kier alpha value is -1.71. The summed E-state index contributed by atoms with van der Waals surface area (Å²) < 4.78 is 10.8. The lowest BCUT2D eigenvalue weighted by Gasteiger charge is -2.08. The van der Waals surface area contributed by atoms with E-state index in [1.165, 1.54) is 5.56 Å². The van der Waals surface area contributed by atoms with Crippen molar-refractivity contribution >= 4 is 29.2 Å². The minimum Gasteiger partial charge on any atom is -0.492 e. The van der Waals surface area contributed by atoms with Gasteiger partial charge in [-0.25, -0.2) is 0 Å². The molecule has 0 radical (unpaired) electrons. The van der Waals surface area contributed by atoms with Gasteiger partial charge in [0.1, 0.15) is 11.5 Å². The molecule has 0 aliphatic carbocycles. The number of rotatable bonds is 7. The van der Waals surface area contributed by atoms with E-state index in [1.807, 2.05) is 12.1 Å². The Balaban J connectivity index is 1.72. The van der Waals surface area contributed by atoms with Crippen molar-refractivity contribution in [2.75, 3.05) is 6.61 Å². The predicted molar refractivity (Wildman–Crippen MR) is 92.6 cm³/mol. The minimum absolute atomic E-state index is 0.278. The fourth-order valence-corrected chi connectivity index (χ4v) is 2.43. The molecular formula is C18H18Cl2O3. The van der Waals surface area contributed by atoms with Gasteiger partial charge in [0.2, 0.25) is 0 Å². The molecule has 5 heteroatoms. The Morgan fingerprint density at radius 3 is 2.48 bits per heavy atom. The molecule has 0 aliphatic heterocycles. The first kappa shape index (κ1) is 17.6. The van der Waals surface area contributed by atoms with Crippen LogP contribution in [0.3, 0.4) is 0 Å². The molecule has 122 valence electrons. The lowest BCUT2D eigenvalue weighted by molar-refractivity contribution is -0.134. The Labute approximate surface area is 146 Å². The van der Waals surface area contributed by atoms with E-state index in [9.17, 15) is 4.79 Å². The molecule has 0 saturated carbocycles. The molecular weight excluding hydrogens is 335 g/mol. The van der Waals surface area contributed by atoms with E-state index in [-0.39, 0.29) is 12.4 Å². The molecule has 0 fully saturated rings. The van der Waals surface area contributed by atoms with Gasteiger partial charge in [-0.3, -0.25) is 4.79 Å². The van der Waals surface area contributed by atoms with Crippen LogP contribution in [0, 0.1) is 0 Å². The van der Waals surface area contributed by atoms with Crippen molar-refractivity contribution in [3.8, 4) is 11.5 Å². The summed E-state index contributed by atoms with van der Waals surface area (Å²) in [6, 6.07) is 12.5. The first-order chi connectivity index (χ1) is 11.1. The van der Waals surface area contributed by atoms with Gasteiger partial charge in [-0.2, -0.15) is 0 Å². The standard InChI is InChI=1S/C18H18Cl2O3/c1-2-13-5-8-15(9-6-13)23-18(21)4-3-11-22-17-10-7-14(19)12-16(17)20/h5-10,12H,2-4,11H2,1H3. The summed E-state index contributed by atoms with van der Waals surface area (Å²) >= 11 is 11.8. The third-order valence-electron chi connectivity index (χ3n) is 3.24. The summed E-state index contributed by atoms with van der Waals surface area (Å²) in [6.07, 6.45) is 1.78. The maximum atomic E-state index is 11.8. The van der Waals surface area contributed by atoms with Crippen LogP contribution < -0.4 is 9.47 Å². The number of hydrogen-bond donors (Lipinski definition) is 0. The van der Waals surface area contributed by atoms with Crippen molar-refractivity contribution in [3.63, 3.8) is 0 Å². The van der Waals surface area contributed by atoms with Gasteiger partial charge in [0.25, 0.3) is 0 Å². The second-order valence-electron chi connectivity index (χ2n) is 5.00. The SMILES string of the molecule is CCc1ccc(OC(=O)CCCOc2ccc(Cl)cc2Cl)cc1. The van der Waals surface area contributed by atoms with Crippen molar-refractivity contribution in [1.29, 1.82) is 0 Å². The van der Waals surface area contributed by atoms with Gasteiger partial charge in [-0.15, -0.1) is 0 Å². The van der Waals surface area contributed by atoms with Crippen LogP contribution in [0.1, 0.15) is 25.3 Å². The van der Waals surface area contributed by atoms with Crippen LogP contribution in [0.15, 0.2) is 42.5 Å². The average Bonchev–Trinajstić information content (AvgIpc) is 2.54. The summed E-state index contributed by atoms with van der Waals surface area (Å²) in [5.74, 6) is 0.841. The summed E-state index contributed by atoms with van der Waals surface area (Å²) in [5, 5.41) is 1.01. The van der Waals surface area contributed by atoms with E-state index >= 15 is 0 Å². The lowest BCUT2D eigenvalue weighted by Crippen LogP contribution is -2.10. The number of esters is 1. The summed E-state index contributed by atoms with van der Waals surface area (Å²) in [5.41, 5.74) is 1.21. The molecule has 3 nitrogen and oxygen atoms in total. The van der Waals surface area contributed by atoms with E-state index in [1.54, 1.807) is 30.3 Å². The van der Waals surface area contributed by atoms with Crippen molar-refractivity contribution in [2.45, 2.75) is 26.2 Å². The van der Waals surface area contributed by atoms with Crippen LogP contribution in [-0.4, -0.2) is 12.6 Å². The van der Waals surface area contributed by atoms with Crippen LogP contribution in [0.5, 0.6) is 11.5 Å². The Morgan fingerprint density at radius 1 is 1.09 bits per heavy atom. The fraction of sp³-hybridized carbons (Fsp3) is 0.278. The van der Waals surface area contributed by atoms with Gasteiger partial charge in [-0.05, 0) is 48.7 Å². The van der Waals surface area contributed by atoms with Crippen molar-refractivity contribution in [1.82, 2.24) is 0 Å². The molecule has 2 aromatic carbocycles. The molecule has 2 aromatic rings.